The van der Waals surface area contributed by atoms with Gasteiger partial charge in [-0.25, -0.2) is 4.79 Å². The van der Waals surface area contributed by atoms with E-state index in [4.69, 9.17) is 24.7 Å². The van der Waals surface area contributed by atoms with Crippen LogP contribution in [0.1, 0.15) is 40.4 Å². The van der Waals surface area contributed by atoms with Crippen molar-refractivity contribution < 1.29 is 28.5 Å². The van der Waals surface area contributed by atoms with Gasteiger partial charge in [-0.05, 0) is 38.3 Å². The number of benzene rings is 1. The van der Waals surface area contributed by atoms with Crippen molar-refractivity contribution in [3.63, 3.8) is 0 Å². The smallest absolute Gasteiger partial charge is 0.341 e. The number of hydrogen-bond donors (Lipinski definition) is 1. The van der Waals surface area contributed by atoms with Gasteiger partial charge in [0.2, 0.25) is 0 Å². The molecular weight excluding hydrogens is 338 g/mol. The third-order valence-electron chi connectivity index (χ3n) is 4.84. The number of methoxy groups -OCH3 is 1. The lowest BCUT2D eigenvalue weighted by molar-refractivity contribution is -0.144. The molecule has 1 atom stereocenters. The molecule has 7 nitrogen and oxygen atoms in total. The third kappa shape index (κ3) is 3.26. The number of anilines is 1. The highest BCUT2D eigenvalue weighted by molar-refractivity contribution is 6.00. The second-order valence-electron chi connectivity index (χ2n) is 6.48. The molecule has 0 saturated carbocycles. The minimum absolute atomic E-state index is 0.205. The van der Waals surface area contributed by atoms with Crippen molar-refractivity contribution >= 4 is 17.6 Å². The summed E-state index contributed by atoms with van der Waals surface area (Å²) < 4.78 is 21.2. The average Bonchev–Trinajstić information content (AvgIpc) is 3.26. The van der Waals surface area contributed by atoms with E-state index in [9.17, 15) is 9.59 Å². The molecule has 1 aromatic rings. The van der Waals surface area contributed by atoms with Crippen LogP contribution in [-0.4, -0.2) is 32.3 Å². The predicted molar refractivity (Wildman–Crippen MR) is 93.7 cm³/mol. The lowest BCUT2D eigenvalue weighted by Crippen LogP contribution is -2.17. The van der Waals surface area contributed by atoms with Crippen molar-refractivity contribution in [1.82, 2.24) is 0 Å². The third-order valence-corrected chi connectivity index (χ3v) is 4.84. The molecule has 0 aliphatic carbocycles. The zero-order valence-electron chi connectivity index (χ0n) is 15.2. The number of fused-ring (bicyclic) bond motifs is 1. The molecule has 2 aliphatic heterocycles. The van der Waals surface area contributed by atoms with Gasteiger partial charge in [0.05, 0.1) is 30.9 Å². The molecule has 140 valence electrons. The normalized spacial score (nSPS) is 19.3. The molecule has 2 N–H and O–H groups in total. The Kier molecular flexibility index (Phi) is 5.18. The quantitative estimate of drug-likeness (QED) is 0.488. The summed E-state index contributed by atoms with van der Waals surface area (Å²) >= 11 is 0. The Morgan fingerprint density at radius 1 is 1.42 bits per heavy atom. The Hall–Kier alpha value is -2.54. The van der Waals surface area contributed by atoms with E-state index in [2.05, 4.69) is 0 Å². The van der Waals surface area contributed by atoms with Gasteiger partial charge in [-0.15, -0.1) is 0 Å². The Morgan fingerprint density at radius 2 is 2.19 bits per heavy atom. The van der Waals surface area contributed by atoms with Crippen LogP contribution in [0.2, 0.25) is 0 Å². The van der Waals surface area contributed by atoms with Crippen molar-refractivity contribution in [2.75, 3.05) is 26.1 Å². The van der Waals surface area contributed by atoms with Gasteiger partial charge < -0.3 is 24.7 Å². The van der Waals surface area contributed by atoms with E-state index in [0.717, 1.165) is 11.1 Å². The summed E-state index contributed by atoms with van der Waals surface area (Å²) in [7, 11) is 1.56. The predicted octanol–water partition coefficient (Wildman–Crippen LogP) is 2.28. The van der Waals surface area contributed by atoms with Crippen LogP contribution in [0.5, 0.6) is 5.75 Å². The van der Waals surface area contributed by atoms with Gasteiger partial charge >= 0.3 is 11.9 Å². The van der Waals surface area contributed by atoms with Crippen LogP contribution in [0.25, 0.3) is 0 Å². The Balaban J connectivity index is 1.83. The van der Waals surface area contributed by atoms with Crippen molar-refractivity contribution in [2.45, 2.75) is 33.3 Å². The highest BCUT2D eigenvalue weighted by Crippen LogP contribution is 2.39. The van der Waals surface area contributed by atoms with Crippen molar-refractivity contribution in [1.29, 1.82) is 0 Å². The molecule has 3 rings (SSSR count). The summed E-state index contributed by atoms with van der Waals surface area (Å²) in [4.78, 5) is 24.0. The van der Waals surface area contributed by atoms with Crippen LogP contribution in [0.15, 0.2) is 11.8 Å². The van der Waals surface area contributed by atoms with E-state index in [1.807, 2.05) is 6.92 Å². The second-order valence-corrected chi connectivity index (χ2v) is 6.48. The number of rotatable bonds is 5. The van der Waals surface area contributed by atoms with E-state index in [1.54, 1.807) is 20.1 Å². The topological polar surface area (TPSA) is 97.1 Å². The number of nitrogen functional groups attached to an aromatic ring is 1. The van der Waals surface area contributed by atoms with Crippen LogP contribution in [-0.2, 0) is 32.0 Å². The zero-order valence-corrected chi connectivity index (χ0v) is 15.2. The summed E-state index contributed by atoms with van der Waals surface area (Å²) in [5.41, 5.74) is 9.27. The first-order valence-corrected chi connectivity index (χ1v) is 8.55. The minimum Gasteiger partial charge on any atom is -0.496 e. The number of hydrogen-bond acceptors (Lipinski definition) is 7. The molecule has 0 bridgehead atoms. The molecule has 7 heteroatoms. The summed E-state index contributed by atoms with van der Waals surface area (Å²) in [6.07, 6.45) is 2.81. The van der Waals surface area contributed by atoms with E-state index in [1.165, 1.54) is 0 Å². The molecule has 0 aromatic heterocycles. The van der Waals surface area contributed by atoms with Crippen molar-refractivity contribution in [2.24, 2.45) is 5.92 Å². The lowest BCUT2D eigenvalue weighted by atomic mass is 9.94. The van der Waals surface area contributed by atoms with E-state index in [0.29, 0.717) is 54.4 Å². The molecule has 0 radical (unpaired) electrons. The molecule has 0 amide bonds. The fourth-order valence-corrected chi connectivity index (χ4v) is 3.34. The van der Waals surface area contributed by atoms with E-state index < -0.39 is 5.97 Å². The highest BCUT2D eigenvalue weighted by atomic mass is 16.5. The lowest BCUT2D eigenvalue weighted by Gasteiger charge is -2.16. The van der Waals surface area contributed by atoms with Crippen molar-refractivity contribution in [3.8, 4) is 5.75 Å². The number of cyclic esters (lactones) is 1. The van der Waals surface area contributed by atoms with Gasteiger partial charge in [0.15, 0.2) is 0 Å². The average molecular weight is 361 g/mol. The highest BCUT2D eigenvalue weighted by Gasteiger charge is 2.31. The van der Waals surface area contributed by atoms with E-state index >= 15 is 0 Å². The Morgan fingerprint density at radius 3 is 2.85 bits per heavy atom. The number of allylic oxidation sites excluding steroid dienone is 2. The van der Waals surface area contributed by atoms with Gasteiger partial charge in [-0.2, -0.15) is 0 Å². The molecular formula is C19H23NO6. The summed E-state index contributed by atoms with van der Waals surface area (Å²) in [5, 5.41) is 0. The first-order chi connectivity index (χ1) is 12.4. The molecule has 2 aliphatic rings. The van der Waals surface area contributed by atoms with Gasteiger partial charge in [0.25, 0.3) is 0 Å². The molecule has 1 fully saturated rings. The molecule has 26 heavy (non-hydrogen) atoms. The Bertz CT molecular complexity index is 777. The van der Waals surface area contributed by atoms with Crippen LogP contribution in [0, 0.1) is 12.8 Å². The van der Waals surface area contributed by atoms with Crippen LogP contribution >= 0.6 is 0 Å². The van der Waals surface area contributed by atoms with Crippen LogP contribution in [0.3, 0.4) is 0 Å². The SMILES string of the molecule is COc1c(C)c2c(c(N)c1CC=C(C)OC(=O)C1CCOC1)C(=O)OC2. The number of carbonyl (C=O) groups is 2. The summed E-state index contributed by atoms with van der Waals surface area (Å²) in [6.45, 7) is 4.78. The Labute approximate surface area is 152 Å². The maximum atomic E-state index is 12.1. The number of carbonyl (C=O) groups excluding carboxylic acids is 2. The van der Waals surface area contributed by atoms with Gasteiger partial charge in [-0.3, -0.25) is 4.79 Å². The molecule has 1 unspecified atom stereocenters. The van der Waals surface area contributed by atoms with Gasteiger partial charge in [-0.1, -0.05) is 0 Å². The first kappa shape index (κ1) is 18.3. The molecule has 0 spiro atoms. The largest absolute Gasteiger partial charge is 0.496 e. The minimum atomic E-state index is -0.419. The standard InChI is InChI=1S/C19H23NO6/c1-10(26-18(21)12-6-7-24-8-12)4-5-13-16(20)15-14(9-25-19(15)22)11(2)17(13)23-3/h4,12H,5-9,20H2,1-3H3. The summed E-state index contributed by atoms with van der Waals surface area (Å²) in [6, 6.07) is 0. The maximum Gasteiger partial charge on any atom is 0.341 e. The monoisotopic (exact) mass is 361 g/mol. The fraction of sp³-hybridized carbons (Fsp3) is 0.474. The summed E-state index contributed by atoms with van der Waals surface area (Å²) in [5.74, 6) is 0.181. The number of esters is 2. The first-order valence-electron chi connectivity index (χ1n) is 8.55. The molecule has 1 aromatic carbocycles. The second kappa shape index (κ2) is 7.37. The van der Waals surface area contributed by atoms with Crippen molar-refractivity contribution in [3.05, 3.63) is 34.1 Å². The molecule has 2 heterocycles. The molecule has 1 saturated heterocycles. The van der Waals surface area contributed by atoms with E-state index in [-0.39, 0.29) is 18.5 Å². The number of nitrogens with two attached hydrogens (primary N) is 1. The maximum absolute atomic E-state index is 12.1. The van der Waals surface area contributed by atoms with Gasteiger partial charge in [0, 0.05) is 17.7 Å². The number of ether oxygens (including phenoxy) is 4. The van der Waals surface area contributed by atoms with Crippen LogP contribution < -0.4 is 10.5 Å². The van der Waals surface area contributed by atoms with Gasteiger partial charge in [0.1, 0.15) is 18.1 Å². The fourth-order valence-electron chi connectivity index (χ4n) is 3.34. The zero-order chi connectivity index (χ0) is 18.8. The van der Waals surface area contributed by atoms with Crippen LogP contribution in [0.4, 0.5) is 5.69 Å².